The molecule has 1 heteroatoms. The van der Waals surface area contributed by atoms with Crippen molar-refractivity contribution >= 4 is 0 Å². The van der Waals surface area contributed by atoms with Crippen LogP contribution in [0.4, 0.5) is 0 Å². The van der Waals surface area contributed by atoms with Crippen molar-refractivity contribution in [3.63, 3.8) is 0 Å². The third kappa shape index (κ3) is 4.99. The third-order valence-electron chi connectivity index (χ3n) is 4.74. The molecule has 2 rings (SSSR count). The highest BCUT2D eigenvalue weighted by atomic mass is 14.9. The number of hydrogen-bond acceptors (Lipinski definition) is 1. The lowest BCUT2D eigenvalue weighted by atomic mass is 9.86. The molecule has 100 valence electrons. The van der Waals surface area contributed by atoms with Crippen LogP contribution in [-0.2, 0) is 0 Å². The normalized spacial score (nSPS) is 23.1. The standard InChI is InChI=1S/C16H31N/c1-2-3-4-5-10-15(13-17-16-11-12-16)14-8-6-7-9-14/h14-17H,2-13H2,1H3. The molecule has 0 aromatic heterocycles. The second-order valence-corrected chi connectivity index (χ2v) is 6.34. The molecule has 0 aromatic carbocycles. The number of unbranched alkanes of at least 4 members (excludes halogenated alkanes) is 3. The first kappa shape index (κ1) is 13.4. The third-order valence-corrected chi connectivity index (χ3v) is 4.74. The van der Waals surface area contributed by atoms with Gasteiger partial charge in [0.15, 0.2) is 0 Å². The smallest absolute Gasteiger partial charge is 0.00683 e. The van der Waals surface area contributed by atoms with Crippen LogP contribution in [0.5, 0.6) is 0 Å². The maximum absolute atomic E-state index is 3.77. The van der Waals surface area contributed by atoms with Gasteiger partial charge in [-0.25, -0.2) is 0 Å². The lowest BCUT2D eigenvalue weighted by Crippen LogP contribution is -2.28. The van der Waals surface area contributed by atoms with E-state index in [-0.39, 0.29) is 0 Å². The molecule has 2 saturated carbocycles. The van der Waals surface area contributed by atoms with Gasteiger partial charge < -0.3 is 5.32 Å². The zero-order valence-electron chi connectivity index (χ0n) is 11.7. The molecule has 2 aliphatic carbocycles. The van der Waals surface area contributed by atoms with Gasteiger partial charge in [0.1, 0.15) is 0 Å². The number of rotatable bonds is 9. The summed E-state index contributed by atoms with van der Waals surface area (Å²) in [5, 5.41) is 3.77. The molecule has 2 fully saturated rings. The second-order valence-electron chi connectivity index (χ2n) is 6.34. The van der Waals surface area contributed by atoms with Crippen molar-refractivity contribution in [2.45, 2.75) is 83.6 Å². The van der Waals surface area contributed by atoms with E-state index in [2.05, 4.69) is 12.2 Å². The first-order valence-corrected chi connectivity index (χ1v) is 8.13. The summed E-state index contributed by atoms with van der Waals surface area (Å²) in [6, 6.07) is 0.898. The van der Waals surface area contributed by atoms with Crippen LogP contribution in [0.1, 0.15) is 77.6 Å². The van der Waals surface area contributed by atoms with Crippen LogP contribution in [-0.4, -0.2) is 12.6 Å². The quantitative estimate of drug-likeness (QED) is 0.582. The highest BCUT2D eigenvalue weighted by molar-refractivity contribution is 4.84. The second kappa shape index (κ2) is 7.41. The Balaban J connectivity index is 1.65. The van der Waals surface area contributed by atoms with Gasteiger partial charge in [-0.3, -0.25) is 0 Å². The van der Waals surface area contributed by atoms with Gasteiger partial charge in [-0.15, -0.1) is 0 Å². The van der Waals surface area contributed by atoms with E-state index in [9.17, 15) is 0 Å². The average molecular weight is 237 g/mol. The van der Waals surface area contributed by atoms with Crippen LogP contribution in [0.2, 0.25) is 0 Å². The van der Waals surface area contributed by atoms with E-state index in [1.165, 1.54) is 77.2 Å². The first-order chi connectivity index (χ1) is 8.40. The van der Waals surface area contributed by atoms with Gasteiger partial charge in [0, 0.05) is 6.04 Å². The molecule has 0 amide bonds. The van der Waals surface area contributed by atoms with E-state index in [0.717, 1.165) is 17.9 Å². The average Bonchev–Trinajstić information content (AvgIpc) is 3.01. The molecule has 0 aromatic rings. The van der Waals surface area contributed by atoms with Crippen molar-refractivity contribution in [3.8, 4) is 0 Å². The van der Waals surface area contributed by atoms with E-state index in [4.69, 9.17) is 0 Å². The number of hydrogen-bond donors (Lipinski definition) is 1. The summed E-state index contributed by atoms with van der Waals surface area (Å²) in [7, 11) is 0. The van der Waals surface area contributed by atoms with Crippen molar-refractivity contribution < 1.29 is 0 Å². The van der Waals surface area contributed by atoms with Crippen LogP contribution >= 0.6 is 0 Å². The van der Waals surface area contributed by atoms with Crippen molar-refractivity contribution in [2.24, 2.45) is 11.8 Å². The fraction of sp³-hybridized carbons (Fsp3) is 1.00. The van der Waals surface area contributed by atoms with Crippen LogP contribution in [0.25, 0.3) is 0 Å². The fourth-order valence-corrected chi connectivity index (χ4v) is 3.37. The molecule has 17 heavy (non-hydrogen) atoms. The molecule has 0 bridgehead atoms. The molecule has 0 radical (unpaired) electrons. The van der Waals surface area contributed by atoms with E-state index < -0.39 is 0 Å². The Bertz CT molecular complexity index is 192. The molecule has 1 unspecified atom stereocenters. The maximum Gasteiger partial charge on any atom is 0.00683 e. The Hall–Kier alpha value is -0.0400. The molecule has 0 aliphatic heterocycles. The Kier molecular flexibility index (Phi) is 5.84. The predicted octanol–water partition coefficient (Wildman–Crippen LogP) is 4.52. The minimum Gasteiger partial charge on any atom is -0.314 e. The van der Waals surface area contributed by atoms with Crippen molar-refractivity contribution in [3.05, 3.63) is 0 Å². The molecular weight excluding hydrogens is 206 g/mol. The summed E-state index contributed by atoms with van der Waals surface area (Å²) in [5.41, 5.74) is 0. The van der Waals surface area contributed by atoms with Gasteiger partial charge in [0.2, 0.25) is 0 Å². The van der Waals surface area contributed by atoms with Crippen LogP contribution < -0.4 is 5.32 Å². The molecule has 0 heterocycles. The zero-order chi connectivity index (χ0) is 11.9. The lowest BCUT2D eigenvalue weighted by Gasteiger charge is -2.24. The molecule has 1 nitrogen and oxygen atoms in total. The SMILES string of the molecule is CCCCCCC(CNC1CC1)C1CCCC1. The summed E-state index contributed by atoms with van der Waals surface area (Å²) >= 11 is 0. The highest BCUT2D eigenvalue weighted by Gasteiger charge is 2.27. The maximum atomic E-state index is 3.77. The molecular formula is C16H31N. The Morgan fingerprint density at radius 3 is 2.41 bits per heavy atom. The Morgan fingerprint density at radius 2 is 1.76 bits per heavy atom. The van der Waals surface area contributed by atoms with Crippen molar-refractivity contribution in [1.82, 2.24) is 5.32 Å². The van der Waals surface area contributed by atoms with E-state index in [0.29, 0.717) is 0 Å². The number of nitrogens with one attached hydrogen (secondary N) is 1. The minimum absolute atomic E-state index is 0.898. The summed E-state index contributed by atoms with van der Waals surface area (Å²) in [6.45, 7) is 3.63. The monoisotopic (exact) mass is 237 g/mol. The minimum atomic E-state index is 0.898. The van der Waals surface area contributed by atoms with E-state index in [1.807, 2.05) is 0 Å². The van der Waals surface area contributed by atoms with E-state index in [1.54, 1.807) is 0 Å². The van der Waals surface area contributed by atoms with Gasteiger partial charge in [0.05, 0.1) is 0 Å². The highest BCUT2D eigenvalue weighted by Crippen LogP contribution is 2.34. The van der Waals surface area contributed by atoms with Gasteiger partial charge in [0.25, 0.3) is 0 Å². The van der Waals surface area contributed by atoms with Gasteiger partial charge in [-0.05, 0) is 37.6 Å². The molecule has 0 spiro atoms. The summed E-state index contributed by atoms with van der Waals surface area (Å²) in [5.74, 6) is 2.05. The van der Waals surface area contributed by atoms with Crippen LogP contribution in [0.3, 0.4) is 0 Å². The summed E-state index contributed by atoms with van der Waals surface area (Å²) in [4.78, 5) is 0. The van der Waals surface area contributed by atoms with Crippen LogP contribution in [0, 0.1) is 11.8 Å². The van der Waals surface area contributed by atoms with Crippen LogP contribution in [0.15, 0.2) is 0 Å². The molecule has 2 aliphatic rings. The lowest BCUT2D eigenvalue weighted by molar-refractivity contribution is 0.294. The zero-order valence-corrected chi connectivity index (χ0v) is 11.7. The Labute approximate surface area is 108 Å². The van der Waals surface area contributed by atoms with E-state index >= 15 is 0 Å². The molecule has 1 N–H and O–H groups in total. The predicted molar refractivity (Wildman–Crippen MR) is 75.2 cm³/mol. The van der Waals surface area contributed by atoms with Gasteiger partial charge in [-0.2, -0.15) is 0 Å². The van der Waals surface area contributed by atoms with Gasteiger partial charge in [-0.1, -0.05) is 58.3 Å². The summed E-state index contributed by atoms with van der Waals surface area (Å²) < 4.78 is 0. The molecule has 1 atom stereocenters. The fourth-order valence-electron chi connectivity index (χ4n) is 3.37. The Morgan fingerprint density at radius 1 is 1.00 bits per heavy atom. The molecule has 0 saturated heterocycles. The van der Waals surface area contributed by atoms with Crippen molar-refractivity contribution in [1.29, 1.82) is 0 Å². The summed E-state index contributed by atoms with van der Waals surface area (Å²) in [6.07, 6.45) is 16.1. The van der Waals surface area contributed by atoms with Gasteiger partial charge >= 0.3 is 0 Å². The van der Waals surface area contributed by atoms with Crippen molar-refractivity contribution in [2.75, 3.05) is 6.54 Å². The topological polar surface area (TPSA) is 12.0 Å². The largest absolute Gasteiger partial charge is 0.314 e. The first-order valence-electron chi connectivity index (χ1n) is 8.13.